The lowest BCUT2D eigenvalue weighted by atomic mass is 10.1. The summed E-state index contributed by atoms with van der Waals surface area (Å²) in [6.45, 7) is 2.15. The molecule has 3 aromatic rings. The number of nitrogens with zero attached hydrogens (tertiary/aromatic N) is 1. The second kappa shape index (κ2) is 8.56. The molecular formula is C21H19F3N2OS. The van der Waals surface area contributed by atoms with Gasteiger partial charge in [-0.05, 0) is 36.6 Å². The number of nitrogens with one attached hydrogen (secondary N) is 1. The first kappa shape index (κ1) is 20.1. The number of thiazole rings is 1. The fourth-order valence-corrected chi connectivity index (χ4v) is 3.41. The van der Waals surface area contributed by atoms with Crippen LogP contribution in [0, 0.1) is 0 Å². The fraction of sp³-hybridized carbons (Fsp3) is 0.238. The summed E-state index contributed by atoms with van der Waals surface area (Å²) < 4.78 is 38.4. The third-order valence-corrected chi connectivity index (χ3v) is 5.00. The molecule has 2 aromatic carbocycles. The van der Waals surface area contributed by atoms with Crippen molar-refractivity contribution in [3.8, 4) is 11.3 Å². The third-order valence-electron chi connectivity index (χ3n) is 4.25. The zero-order valence-corrected chi connectivity index (χ0v) is 16.0. The molecule has 1 amide bonds. The minimum absolute atomic E-state index is 0.0631. The Bertz CT molecular complexity index is 949. The Kier molecular flexibility index (Phi) is 6.14. The van der Waals surface area contributed by atoms with Gasteiger partial charge >= 0.3 is 6.18 Å². The number of aryl methyl sites for hydroxylation is 1. The van der Waals surface area contributed by atoms with Crippen LogP contribution in [0.4, 0.5) is 18.3 Å². The smallest absolute Gasteiger partial charge is 0.298 e. The van der Waals surface area contributed by atoms with Gasteiger partial charge in [0.25, 0.3) is 5.91 Å². The van der Waals surface area contributed by atoms with E-state index < -0.39 is 17.6 Å². The van der Waals surface area contributed by atoms with Gasteiger partial charge in [0.2, 0.25) is 0 Å². The van der Waals surface area contributed by atoms with E-state index in [1.54, 1.807) is 0 Å². The van der Waals surface area contributed by atoms with E-state index in [-0.39, 0.29) is 5.56 Å². The molecule has 0 saturated heterocycles. The van der Waals surface area contributed by atoms with Gasteiger partial charge in [-0.3, -0.25) is 10.1 Å². The number of rotatable bonds is 6. The Morgan fingerprint density at radius 3 is 2.57 bits per heavy atom. The highest BCUT2D eigenvalue weighted by Gasteiger charge is 2.30. The molecule has 3 rings (SSSR count). The lowest BCUT2D eigenvalue weighted by molar-refractivity contribution is -0.137. The van der Waals surface area contributed by atoms with Crippen molar-refractivity contribution in [1.82, 2.24) is 4.98 Å². The molecule has 0 unspecified atom stereocenters. The molecule has 0 saturated carbocycles. The Balaban J connectivity index is 1.70. The molecule has 28 heavy (non-hydrogen) atoms. The molecule has 0 fully saturated rings. The monoisotopic (exact) mass is 404 g/mol. The highest BCUT2D eigenvalue weighted by Crippen LogP contribution is 2.30. The quantitative estimate of drug-likeness (QED) is 0.515. The number of aromatic nitrogens is 1. The highest BCUT2D eigenvalue weighted by atomic mass is 32.1. The molecule has 0 aliphatic rings. The van der Waals surface area contributed by atoms with Gasteiger partial charge in [-0.15, -0.1) is 11.3 Å². The van der Waals surface area contributed by atoms with Gasteiger partial charge in [-0.25, -0.2) is 4.98 Å². The van der Waals surface area contributed by atoms with E-state index in [2.05, 4.69) is 29.4 Å². The number of halogens is 3. The van der Waals surface area contributed by atoms with Crippen molar-refractivity contribution in [3.63, 3.8) is 0 Å². The Hall–Kier alpha value is -2.67. The lowest BCUT2D eigenvalue weighted by Gasteiger charge is -2.08. The van der Waals surface area contributed by atoms with E-state index in [9.17, 15) is 18.0 Å². The lowest BCUT2D eigenvalue weighted by Crippen LogP contribution is -2.13. The summed E-state index contributed by atoms with van der Waals surface area (Å²) in [4.78, 5) is 16.6. The van der Waals surface area contributed by atoms with Crippen LogP contribution in [0.3, 0.4) is 0 Å². The van der Waals surface area contributed by atoms with Crippen LogP contribution < -0.4 is 5.32 Å². The van der Waals surface area contributed by atoms with Gasteiger partial charge in [0.15, 0.2) is 5.13 Å². The van der Waals surface area contributed by atoms with Crippen molar-refractivity contribution in [2.45, 2.75) is 32.4 Å². The standard InChI is InChI=1S/C21H19F3N2OS/c1-2-3-5-14-8-10-15(11-9-14)18-13-28-20(25-18)26-19(27)16-6-4-7-17(12-16)21(22,23)24/h4,6-13H,2-3,5H2,1H3,(H,25,26,27). The number of hydrogen-bond acceptors (Lipinski definition) is 3. The van der Waals surface area contributed by atoms with E-state index >= 15 is 0 Å². The number of alkyl halides is 3. The van der Waals surface area contributed by atoms with Crippen LogP contribution in [0.1, 0.15) is 41.3 Å². The van der Waals surface area contributed by atoms with Gasteiger partial charge in [0, 0.05) is 16.5 Å². The summed E-state index contributed by atoms with van der Waals surface area (Å²) >= 11 is 1.23. The predicted octanol–water partition coefficient (Wildman–Crippen LogP) is 6.42. The largest absolute Gasteiger partial charge is 0.416 e. The Labute approximate surface area is 165 Å². The molecule has 146 valence electrons. The van der Waals surface area contributed by atoms with Crippen LogP contribution >= 0.6 is 11.3 Å². The minimum atomic E-state index is -4.49. The van der Waals surface area contributed by atoms with E-state index in [1.165, 1.54) is 29.0 Å². The number of carbonyl (C=O) groups excluding carboxylic acids is 1. The first-order chi connectivity index (χ1) is 13.4. The van der Waals surface area contributed by atoms with Crippen molar-refractivity contribution in [1.29, 1.82) is 0 Å². The van der Waals surface area contributed by atoms with Crippen LogP contribution in [-0.2, 0) is 12.6 Å². The van der Waals surface area contributed by atoms with Crippen LogP contribution in [0.2, 0.25) is 0 Å². The molecule has 0 aliphatic heterocycles. The zero-order chi connectivity index (χ0) is 20.1. The maximum Gasteiger partial charge on any atom is 0.416 e. The number of amides is 1. The molecule has 0 atom stereocenters. The average Bonchev–Trinajstić information content (AvgIpc) is 3.14. The maximum absolute atomic E-state index is 12.8. The van der Waals surface area contributed by atoms with E-state index in [0.29, 0.717) is 10.8 Å². The van der Waals surface area contributed by atoms with Crippen molar-refractivity contribution < 1.29 is 18.0 Å². The molecule has 1 heterocycles. The molecule has 1 aromatic heterocycles. The number of benzene rings is 2. The van der Waals surface area contributed by atoms with E-state index in [0.717, 1.165) is 37.0 Å². The maximum atomic E-state index is 12.8. The Morgan fingerprint density at radius 1 is 1.14 bits per heavy atom. The SMILES string of the molecule is CCCCc1ccc(-c2csc(NC(=O)c3cccc(C(F)(F)F)c3)n2)cc1. The van der Waals surface area contributed by atoms with E-state index in [1.807, 2.05) is 17.5 Å². The first-order valence-corrected chi connectivity index (χ1v) is 9.78. The molecular weight excluding hydrogens is 385 g/mol. The predicted molar refractivity (Wildman–Crippen MR) is 106 cm³/mol. The van der Waals surface area contributed by atoms with E-state index in [4.69, 9.17) is 0 Å². The van der Waals surface area contributed by atoms with Gasteiger partial charge in [-0.1, -0.05) is 43.7 Å². The van der Waals surface area contributed by atoms with Crippen LogP contribution in [0.5, 0.6) is 0 Å². The summed E-state index contributed by atoms with van der Waals surface area (Å²) in [5.41, 5.74) is 1.98. The van der Waals surface area contributed by atoms with Gasteiger partial charge < -0.3 is 0 Å². The topological polar surface area (TPSA) is 42.0 Å². The number of hydrogen-bond donors (Lipinski definition) is 1. The second-order valence-electron chi connectivity index (χ2n) is 6.37. The number of anilines is 1. The first-order valence-electron chi connectivity index (χ1n) is 8.90. The molecule has 1 N–H and O–H groups in total. The minimum Gasteiger partial charge on any atom is -0.298 e. The van der Waals surface area contributed by atoms with Gasteiger partial charge in [-0.2, -0.15) is 13.2 Å². The van der Waals surface area contributed by atoms with Crippen LogP contribution in [0.15, 0.2) is 53.9 Å². The summed E-state index contributed by atoms with van der Waals surface area (Å²) in [5.74, 6) is -0.623. The third kappa shape index (κ3) is 4.98. The van der Waals surface area contributed by atoms with Gasteiger partial charge in [0.05, 0.1) is 11.3 Å². The van der Waals surface area contributed by atoms with Crippen LogP contribution in [-0.4, -0.2) is 10.9 Å². The van der Waals surface area contributed by atoms with Crippen molar-refractivity contribution >= 4 is 22.4 Å². The van der Waals surface area contributed by atoms with Crippen molar-refractivity contribution in [2.24, 2.45) is 0 Å². The normalized spacial score (nSPS) is 11.4. The zero-order valence-electron chi connectivity index (χ0n) is 15.2. The molecule has 0 bridgehead atoms. The van der Waals surface area contributed by atoms with Crippen molar-refractivity contribution in [2.75, 3.05) is 5.32 Å². The summed E-state index contributed by atoms with van der Waals surface area (Å²) in [5, 5.41) is 4.72. The molecule has 7 heteroatoms. The van der Waals surface area contributed by atoms with Crippen molar-refractivity contribution in [3.05, 3.63) is 70.6 Å². The Morgan fingerprint density at radius 2 is 1.89 bits per heavy atom. The number of unbranched alkanes of at least 4 members (excludes halogenated alkanes) is 1. The summed E-state index contributed by atoms with van der Waals surface area (Å²) in [6, 6.07) is 12.4. The molecule has 3 nitrogen and oxygen atoms in total. The average molecular weight is 404 g/mol. The number of carbonyl (C=O) groups is 1. The molecule has 0 aliphatic carbocycles. The van der Waals surface area contributed by atoms with Crippen LogP contribution in [0.25, 0.3) is 11.3 Å². The summed E-state index contributed by atoms with van der Waals surface area (Å²) in [6.07, 6.45) is -1.18. The molecule has 0 radical (unpaired) electrons. The fourth-order valence-electron chi connectivity index (χ4n) is 2.69. The summed E-state index contributed by atoms with van der Waals surface area (Å²) in [7, 11) is 0. The van der Waals surface area contributed by atoms with Gasteiger partial charge in [0.1, 0.15) is 0 Å². The highest BCUT2D eigenvalue weighted by molar-refractivity contribution is 7.14. The second-order valence-corrected chi connectivity index (χ2v) is 7.23. The molecule has 0 spiro atoms.